The maximum absolute atomic E-state index is 12.3. The monoisotopic (exact) mass is 353 g/mol. The van der Waals surface area contributed by atoms with Gasteiger partial charge < -0.3 is 5.32 Å². The van der Waals surface area contributed by atoms with Crippen molar-refractivity contribution < 1.29 is 8.42 Å². The summed E-state index contributed by atoms with van der Waals surface area (Å²) in [7, 11) is -3.49. The van der Waals surface area contributed by atoms with Gasteiger partial charge in [0.1, 0.15) is 5.82 Å². The summed E-state index contributed by atoms with van der Waals surface area (Å²) >= 11 is 0. The van der Waals surface area contributed by atoms with Crippen LogP contribution in [0.5, 0.6) is 0 Å². The van der Waals surface area contributed by atoms with Crippen LogP contribution in [0.1, 0.15) is 11.1 Å². The molecule has 0 saturated heterocycles. The summed E-state index contributed by atoms with van der Waals surface area (Å²) in [5.41, 5.74) is 3.09. The van der Waals surface area contributed by atoms with Crippen LogP contribution in [0.4, 0.5) is 17.2 Å². The molecule has 0 bridgehead atoms. The Kier molecular flexibility index (Phi) is 5.00. The number of hydrogen-bond donors (Lipinski definition) is 2. The fraction of sp³-hybridized carbons (Fsp3) is 0.105. The highest BCUT2D eigenvalue weighted by molar-refractivity contribution is 7.91. The van der Waals surface area contributed by atoms with E-state index in [1.807, 2.05) is 61.5 Å². The van der Waals surface area contributed by atoms with Crippen molar-refractivity contribution in [3.63, 3.8) is 0 Å². The first-order valence-corrected chi connectivity index (χ1v) is 9.50. The molecular formula is C19H19N3O2S. The Morgan fingerprint density at radius 3 is 2.28 bits per heavy atom. The molecule has 0 aliphatic carbocycles. The van der Waals surface area contributed by atoms with Gasteiger partial charge >= 0.3 is 0 Å². The van der Waals surface area contributed by atoms with Crippen molar-refractivity contribution in [1.29, 1.82) is 0 Å². The molecule has 0 unspecified atom stereocenters. The van der Waals surface area contributed by atoms with Crippen molar-refractivity contribution in [2.75, 3.05) is 10.0 Å². The lowest BCUT2D eigenvalue weighted by atomic mass is 10.1. The van der Waals surface area contributed by atoms with E-state index >= 15 is 0 Å². The second kappa shape index (κ2) is 7.36. The smallest absolute Gasteiger partial charge is 0.236 e. The Bertz CT molecular complexity index is 940. The number of hydrogen-bond acceptors (Lipinski definition) is 4. The minimum atomic E-state index is -3.49. The molecule has 0 fully saturated rings. The lowest BCUT2D eigenvalue weighted by Crippen LogP contribution is -2.15. The van der Waals surface area contributed by atoms with Crippen LogP contribution < -0.4 is 10.0 Å². The van der Waals surface area contributed by atoms with E-state index in [0.29, 0.717) is 11.5 Å². The third kappa shape index (κ3) is 4.81. The van der Waals surface area contributed by atoms with Crippen molar-refractivity contribution in [2.45, 2.75) is 12.7 Å². The minimum absolute atomic E-state index is 0.0658. The number of pyridine rings is 1. The summed E-state index contributed by atoms with van der Waals surface area (Å²) in [6.07, 6.45) is 1.50. The lowest BCUT2D eigenvalue weighted by molar-refractivity contribution is 0.600. The molecule has 3 rings (SSSR count). The van der Waals surface area contributed by atoms with Gasteiger partial charge in [-0.25, -0.2) is 13.4 Å². The fourth-order valence-electron chi connectivity index (χ4n) is 2.39. The predicted molar refractivity (Wildman–Crippen MR) is 101 cm³/mol. The Hall–Kier alpha value is -2.86. The predicted octanol–water partition coefficient (Wildman–Crippen LogP) is 4.08. The van der Waals surface area contributed by atoms with Gasteiger partial charge in [-0.05, 0) is 42.3 Å². The van der Waals surface area contributed by atoms with Gasteiger partial charge in [-0.15, -0.1) is 0 Å². The van der Waals surface area contributed by atoms with Gasteiger partial charge in [-0.2, -0.15) is 0 Å². The van der Waals surface area contributed by atoms with Gasteiger partial charge in [0.2, 0.25) is 10.0 Å². The molecule has 2 N–H and O–H groups in total. The fourth-order valence-corrected chi connectivity index (χ4v) is 3.68. The molecule has 0 aliphatic heterocycles. The molecule has 5 nitrogen and oxygen atoms in total. The maximum Gasteiger partial charge on any atom is 0.236 e. The molecule has 0 spiro atoms. The Morgan fingerprint density at radius 2 is 1.60 bits per heavy atom. The molecule has 1 heterocycles. The highest BCUT2D eigenvalue weighted by Gasteiger charge is 2.13. The molecule has 3 aromatic rings. The Labute approximate surface area is 147 Å². The number of aromatic nitrogens is 1. The van der Waals surface area contributed by atoms with Gasteiger partial charge in [0, 0.05) is 5.69 Å². The van der Waals surface area contributed by atoms with Crippen LogP contribution in [0.15, 0.2) is 72.9 Å². The van der Waals surface area contributed by atoms with E-state index in [4.69, 9.17) is 0 Å². The highest BCUT2D eigenvalue weighted by atomic mass is 32.2. The van der Waals surface area contributed by atoms with E-state index in [9.17, 15) is 8.42 Å². The molecule has 0 atom stereocenters. The van der Waals surface area contributed by atoms with E-state index in [1.54, 1.807) is 12.1 Å². The van der Waals surface area contributed by atoms with Crippen LogP contribution in [-0.2, 0) is 15.8 Å². The molecule has 0 radical (unpaired) electrons. The molecule has 0 aliphatic rings. The summed E-state index contributed by atoms with van der Waals surface area (Å²) in [4.78, 5) is 4.24. The quantitative estimate of drug-likeness (QED) is 0.700. The number of para-hydroxylation sites is 1. The maximum atomic E-state index is 12.3. The molecular weight excluding hydrogens is 334 g/mol. The van der Waals surface area contributed by atoms with Crippen molar-refractivity contribution in [3.05, 3.63) is 84.1 Å². The normalized spacial score (nSPS) is 11.1. The average Bonchev–Trinajstić information content (AvgIpc) is 2.59. The van der Waals surface area contributed by atoms with E-state index in [2.05, 4.69) is 15.0 Å². The molecule has 2 aromatic carbocycles. The van der Waals surface area contributed by atoms with Crippen LogP contribution in [-0.4, -0.2) is 13.4 Å². The second-order valence-corrected chi connectivity index (χ2v) is 7.43. The average molecular weight is 353 g/mol. The van der Waals surface area contributed by atoms with Crippen molar-refractivity contribution >= 4 is 27.2 Å². The van der Waals surface area contributed by atoms with Crippen LogP contribution in [0.2, 0.25) is 0 Å². The number of anilines is 3. The zero-order chi connectivity index (χ0) is 17.7. The highest BCUT2D eigenvalue weighted by Crippen LogP contribution is 2.18. The van der Waals surface area contributed by atoms with E-state index < -0.39 is 10.0 Å². The van der Waals surface area contributed by atoms with Gasteiger partial charge in [0.15, 0.2) is 0 Å². The number of nitrogens with one attached hydrogen (secondary N) is 2. The zero-order valence-electron chi connectivity index (χ0n) is 13.8. The van der Waals surface area contributed by atoms with Gasteiger partial charge in [-0.3, -0.25) is 4.72 Å². The summed E-state index contributed by atoms with van der Waals surface area (Å²) < 4.78 is 27.3. The summed E-state index contributed by atoms with van der Waals surface area (Å²) in [5.74, 6) is 0.581. The summed E-state index contributed by atoms with van der Waals surface area (Å²) in [6, 6.07) is 20.5. The molecule has 1 aromatic heterocycles. The first kappa shape index (κ1) is 17.0. The van der Waals surface area contributed by atoms with Crippen molar-refractivity contribution in [3.8, 4) is 0 Å². The number of sulfonamides is 1. The largest absolute Gasteiger partial charge is 0.340 e. The SMILES string of the molecule is Cc1ccccc1CS(=O)(=O)Nc1ccc(Nc2ccccc2)nc1. The molecule has 0 amide bonds. The molecule has 25 heavy (non-hydrogen) atoms. The lowest BCUT2D eigenvalue weighted by Gasteiger charge is -2.10. The second-order valence-electron chi connectivity index (χ2n) is 5.71. The van der Waals surface area contributed by atoms with Gasteiger partial charge in [0.05, 0.1) is 17.6 Å². The first-order chi connectivity index (χ1) is 12.0. The van der Waals surface area contributed by atoms with Crippen LogP contribution >= 0.6 is 0 Å². The summed E-state index contributed by atoms with van der Waals surface area (Å²) in [6.45, 7) is 1.90. The van der Waals surface area contributed by atoms with E-state index in [-0.39, 0.29) is 5.75 Å². The van der Waals surface area contributed by atoms with Crippen molar-refractivity contribution in [2.24, 2.45) is 0 Å². The van der Waals surface area contributed by atoms with Crippen LogP contribution in [0, 0.1) is 6.92 Å². The van der Waals surface area contributed by atoms with Crippen LogP contribution in [0.3, 0.4) is 0 Å². The number of nitrogens with zero attached hydrogens (tertiary/aromatic N) is 1. The first-order valence-electron chi connectivity index (χ1n) is 7.85. The van der Waals surface area contributed by atoms with Gasteiger partial charge in [-0.1, -0.05) is 42.5 Å². The van der Waals surface area contributed by atoms with Crippen LogP contribution in [0.25, 0.3) is 0 Å². The third-order valence-corrected chi connectivity index (χ3v) is 4.93. The molecule has 0 saturated carbocycles. The Balaban J connectivity index is 1.67. The number of aryl methyl sites for hydroxylation is 1. The minimum Gasteiger partial charge on any atom is -0.340 e. The third-order valence-electron chi connectivity index (χ3n) is 3.69. The molecule has 6 heteroatoms. The van der Waals surface area contributed by atoms with E-state index in [0.717, 1.165) is 16.8 Å². The number of benzene rings is 2. The Morgan fingerprint density at radius 1 is 0.880 bits per heavy atom. The van der Waals surface area contributed by atoms with Gasteiger partial charge in [0.25, 0.3) is 0 Å². The molecule has 128 valence electrons. The topological polar surface area (TPSA) is 71.1 Å². The number of rotatable bonds is 6. The van der Waals surface area contributed by atoms with E-state index in [1.165, 1.54) is 6.20 Å². The zero-order valence-corrected chi connectivity index (χ0v) is 14.6. The summed E-state index contributed by atoms with van der Waals surface area (Å²) in [5, 5.41) is 3.15. The van der Waals surface area contributed by atoms with Crippen molar-refractivity contribution in [1.82, 2.24) is 4.98 Å². The standard InChI is InChI=1S/C19H19N3O2S/c1-15-7-5-6-8-16(15)14-25(23,24)22-18-11-12-19(20-13-18)21-17-9-3-2-4-10-17/h2-13,22H,14H2,1H3,(H,20,21).